The van der Waals surface area contributed by atoms with Crippen LogP contribution < -0.4 is 0 Å². The van der Waals surface area contributed by atoms with Gasteiger partial charge in [0, 0.05) is 60.4 Å². The maximum atomic E-state index is 6.34. The zero-order valence-corrected chi connectivity index (χ0v) is 15.9. The molecule has 5 heteroatoms. The summed E-state index contributed by atoms with van der Waals surface area (Å²) < 4.78 is 2.36. The fourth-order valence-corrected chi connectivity index (χ4v) is 5.46. The molecule has 3 aromatic rings. The molecule has 6 rings (SSSR count). The van der Waals surface area contributed by atoms with Gasteiger partial charge in [-0.1, -0.05) is 11.6 Å². The number of nitrogens with zero attached hydrogens (tertiary/aromatic N) is 4. The first-order valence-electron chi connectivity index (χ1n) is 9.86. The van der Waals surface area contributed by atoms with Gasteiger partial charge < -0.3 is 4.57 Å². The minimum atomic E-state index is 0.524. The molecule has 0 N–H and O–H groups in total. The Morgan fingerprint density at radius 2 is 2.11 bits per heavy atom. The molecule has 0 amide bonds. The van der Waals surface area contributed by atoms with Gasteiger partial charge in [0.1, 0.15) is 5.65 Å². The number of halogens is 1. The van der Waals surface area contributed by atoms with Gasteiger partial charge in [0.05, 0.1) is 5.02 Å². The molecule has 27 heavy (non-hydrogen) atoms. The van der Waals surface area contributed by atoms with Crippen LogP contribution in [0.4, 0.5) is 0 Å². The Hall–Kier alpha value is -2.17. The summed E-state index contributed by atoms with van der Waals surface area (Å²) in [5.41, 5.74) is 8.03. The van der Waals surface area contributed by atoms with E-state index in [0.29, 0.717) is 6.04 Å². The van der Waals surface area contributed by atoms with Crippen molar-refractivity contribution in [2.24, 2.45) is 0 Å². The van der Waals surface area contributed by atoms with E-state index in [1.165, 1.54) is 52.7 Å². The number of rotatable bonds is 1. The molecule has 0 spiro atoms. The Balaban J connectivity index is 1.59. The SMILES string of the molecule is Clc1cnc2c(c1)c1c(n2/C=C2\CCc3cnccc32)CCN2CCCC12. The Morgan fingerprint density at radius 3 is 3.07 bits per heavy atom. The molecule has 136 valence electrons. The van der Waals surface area contributed by atoms with E-state index in [2.05, 4.69) is 32.8 Å². The summed E-state index contributed by atoms with van der Waals surface area (Å²) >= 11 is 6.34. The van der Waals surface area contributed by atoms with Gasteiger partial charge in [-0.3, -0.25) is 9.88 Å². The zero-order chi connectivity index (χ0) is 18.0. The Kier molecular flexibility index (Phi) is 3.47. The van der Waals surface area contributed by atoms with Crippen LogP contribution in [-0.4, -0.2) is 32.5 Å². The lowest BCUT2D eigenvalue weighted by Crippen LogP contribution is -2.31. The molecule has 5 heterocycles. The molecule has 1 fully saturated rings. The third kappa shape index (κ3) is 2.33. The van der Waals surface area contributed by atoms with Crippen LogP contribution in [0, 0.1) is 0 Å². The molecule has 1 atom stereocenters. The highest BCUT2D eigenvalue weighted by Crippen LogP contribution is 2.44. The largest absolute Gasteiger partial charge is 0.304 e. The number of hydrogen-bond acceptors (Lipinski definition) is 3. The number of allylic oxidation sites excluding steroid dienone is 1. The van der Waals surface area contributed by atoms with Crippen LogP contribution in [0.3, 0.4) is 0 Å². The van der Waals surface area contributed by atoms with Crippen molar-refractivity contribution in [1.29, 1.82) is 0 Å². The number of fused-ring (bicyclic) bond motifs is 6. The van der Waals surface area contributed by atoms with Crippen molar-refractivity contribution in [1.82, 2.24) is 19.4 Å². The van der Waals surface area contributed by atoms with Crippen molar-refractivity contribution >= 4 is 34.4 Å². The summed E-state index contributed by atoms with van der Waals surface area (Å²) in [6.45, 7) is 2.36. The maximum absolute atomic E-state index is 6.34. The summed E-state index contributed by atoms with van der Waals surface area (Å²) in [6, 6.07) is 4.79. The average molecular weight is 377 g/mol. The number of aryl methyl sites for hydroxylation is 1. The lowest BCUT2D eigenvalue weighted by molar-refractivity contribution is 0.243. The van der Waals surface area contributed by atoms with Crippen molar-refractivity contribution in [2.45, 2.75) is 38.1 Å². The van der Waals surface area contributed by atoms with E-state index >= 15 is 0 Å². The van der Waals surface area contributed by atoms with Gasteiger partial charge in [0.15, 0.2) is 0 Å². The first-order chi connectivity index (χ1) is 13.3. The lowest BCUT2D eigenvalue weighted by Gasteiger charge is -2.30. The highest BCUT2D eigenvalue weighted by atomic mass is 35.5. The van der Waals surface area contributed by atoms with Gasteiger partial charge in [-0.2, -0.15) is 0 Å². The van der Waals surface area contributed by atoms with Crippen molar-refractivity contribution in [3.63, 3.8) is 0 Å². The van der Waals surface area contributed by atoms with E-state index < -0.39 is 0 Å². The zero-order valence-electron chi connectivity index (χ0n) is 15.2. The standard InChI is InChI=1S/C22H21ClN4/c23-16-10-18-21-19-2-1-8-26(19)9-6-20(21)27(22(18)25-12-16)13-15-4-3-14-11-24-7-5-17(14)15/h5,7,10-13,19H,1-4,6,8-9H2/b15-13+. The fraction of sp³-hybridized carbons (Fsp3) is 0.364. The number of aromatic nitrogens is 3. The summed E-state index contributed by atoms with van der Waals surface area (Å²) in [4.78, 5) is 11.7. The summed E-state index contributed by atoms with van der Waals surface area (Å²) in [7, 11) is 0. The van der Waals surface area contributed by atoms with Crippen LogP contribution in [0.15, 0.2) is 30.7 Å². The highest BCUT2D eigenvalue weighted by Gasteiger charge is 2.35. The minimum absolute atomic E-state index is 0.524. The van der Waals surface area contributed by atoms with Crippen LogP contribution in [0.2, 0.25) is 5.02 Å². The Bertz CT molecular complexity index is 1100. The Morgan fingerprint density at radius 1 is 1.15 bits per heavy atom. The lowest BCUT2D eigenvalue weighted by atomic mass is 9.96. The van der Waals surface area contributed by atoms with Gasteiger partial charge in [-0.15, -0.1) is 0 Å². The second-order valence-electron chi connectivity index (χ2n) is 7.89. The molecule has 3 aromatic heterocycles. The first kappa shape index (κ1) is 15.8. The first-order valence-corrected chi connectivity index (χ1v) is 10.2. The fourth-order valence-electron chi connectivity index (χ4n) is 5.31. The van der Waals surface area contributed by atoms with Crippen molar-refractivity contribution in [3.05, 3.63) is 58.1 Å². The number of pyridine rings is 2. The summed E-state index contributed by atoms with van der Waals surface area (Å²) in [6.07, 6.45) is 13.8. The molecule has 4 nitrogen and oxygen atoms in total. The molecule has 1 saturated heterocycles. The van der Waals surface area contributed by atoms with E-state index in [1.807, 2.05) is 12.4 Å². The molecule has 0 saturated carbocycles. The van der Waals surface area contributed by atoms with Gasteiger partial charge in [-0.05, 0) is 61.1 Å². The van der Waals surface area contributed by atoms with E-state index in [1.54, 1.807) is 6.20 Å². The summed E-state index contributed by atoms with van der Waals surface area (Å²) in [5.74, 6) is 0. The van der Waals surface area contributed by atoms with Crippen LogP contribution in [0.5, 0.6) is 0 Å². The smallest absolute Gasteiger partial charge is 0.144 e. The monoisotopic (exact) mass is 376 g/mol. The summed E-state index contributed by atoms with van der Waals surface area (Å²) in [5, 5.41) is 1.96. The van der Waals surface area contributed by atoms with Crippen molar-refractivity contribution in [2.75, 3.05) is 13.1 Å². The molecular weight excluding hydrogens is 356 g/mol. The van der Waals surface area contributed by atoms with Gasteiger partial charge in [-0.25, -0.2) is 4.98 Å². The average Bonchev–Trinajstić information content (AvgIpc) is 3.38. The number of hydrogen-bond donors (Lipinski definition) is 0. The molecule has 0 bridgehead atoms. The maximum Gasteiger partial charge on any atom is 0.144 e. The molecular formula is C22H21ClN4. The molecule has 0 aromatic carbocycles. The van der Waals surface area contributed by atoms with Gasteiger partial charge in [0.2, 0.25) is 0 Å². The van der Waals surface area contributed by atoms with Crippen LogP contribution in [0.25, 0.3) is 22.8 Å². The third-order valence-electron chi connectivity index (χ3n) is 6.48. The van der Waals surface area contributed by atoms with Crippen molar-refractivity contribution in [3.8, 4) is 0 Å². The quantitative estimate of drug-likeness (QED) is 0.616. The molecule has 2 aliphatic heterocycles. The Labute approximate surface area is 163 Å². The van der Waals surface area contributed by atoms with E-state index in [-0.39, 0.29) is 0 Å². The highest BCUT2D eigenvalue weighted by molar-refractivity contribution is 6.31. The van der Waals surface area contributed by atoms with Crippen LogP contribution in [-0.2, 0) is 12.8 Å². The van der Waals surface area contributed by atoms with Gasteiger partial charge >= 0.3 is 0 Å². The van der Waals surface area contributed by atoms with Crippen molar-refractivity contribution < 1.29 is 0 Å². The van der Waals surface area contributed by atoms with Crippen LogP contribution >= 0.6 is 11.6 Å². The third-order valence-corrected chi connectivity index (χ3v) is 6.69. The topological polar surface area (TPSA) is 34.0 Å². The predicted molar refractivity (Wildman–Crippen MR) is 109 cm³/mol. The van der Waals surface area contributed by atoms with Gasteiger partial charge in [0.25, 0.3) is 0 Å². The van der Waals surface area contributed by atoms with E-state index in [4.69, 9.17) is 16.6 Å². The van der Waals surface area contributed by atoms with Crippen LogP contribution in [0.1, 0.15) is 47.7 Å². The normalized spacial score (nSPS) is 23.0. The van der Waals surface area contributed by atoms with E-state index in [9.17, 15) is 0 Å². The molecule has 0 radical (unpaired) electrons. The van der Waals surface area contributed by atoms with E-state index in [0.717, 1.165) is 36.5 Å². The second kappa shape index (κ2) is 5.91. The predicted octanol–water partition coefficient (Wildman–Crippen LogP) is 4.72. The minimum Gasteiger partial charge on any atom is -0.304 e. The molecule has 3 aliphatic rings. The second-order valence-corrected chi connectivity index (χ2v) is 8.32. The molecule has 1 aliphatic carbocycles. The molecule has 1 unspecified atom stereocenters.